The lowest BCUT2D eigenvalue weighted by Gasteiger charge is -2.13. The summed E-state index contributed by atoms with van der Waals surface area (Å²) in [4.78, 5) is 36.2. The highest BCUT2D eigenvalue weighted by Crippen LogP contribution is 2.31. The number of aromatic nitrogens is 4. The van der Waals surface area contributed by atoms with Crippen LogP contribution in [0.5, 0.6) is 0 Å². The smallest absolute Gasteiger partial charge is 0.394 e. The summed E-state index contributed by atoms with van der Waals surface area (Å²) >= 11 is 0. The fourth-order valence-corrected chi connectivity index (χ4v) is 3.30. The van der Waals surface area contributed by atoms with Gasteiger partial charge < -0.3 is 25.2 Å². The lowest BCUT2D eigenvalue weighted by atomic mass is 10.2. The van der Waals surface area contributed by atoms with E-state index >= 15 is 0 Å². The third kappa shape index (κ3) is 5.66. The number of halogens is 3. The summed E-state index contributed by atoms with van der Waals surface area (Å²) < 4.78 is 43.9. The molecule has 0 unspecified atom stereocenters. The molecule has 4 N–H and O–H groups in total. The largest absolute Gasteiger partial charge is 0.471 e. The lowest BCUT2D eigenvalue weighted by Crippen LogP contribution is -2.37. The molecular formula is C18H24F3N7O5. The molecule has 2 aromatic heterocycles. The molecular weight excluding hydrogens is 451 g/mol. The summed E-state index contributed by atoms with van der Waals surface area (Å²) in [5.74, 6) is -2.06. The second-order valence-corrected chi connectivity index (χ2v) is 7.66. The maximum atomic E-state index is 12.8. The normalized spacial score (nSPS) is 21.2. The summed E-state index contributed by atoms with van der Waals surface area (Å²) in [6, 6.07) is 0. The highest BCUT2D eigenvalue weighted by Gasteiger charge is 2.38. The number of carbonyl (C=O) groups excluding carboxylic acids is 1. The first-order valence-electron chi connectivity index (χ1n) is 10.0. The summed E-state index contributed by atoms with van der Waals surface area (Å²) in [6.07, 6.45) is -5.99. The van der Waals surface area contributed by atoms with Crippen LogP contribution in [0.3, 0.4) is 0 Å². The first-order chi connectivity index (χ1) is 15.5. The number of aromatic amines is 1. The molecule has 12 nitrogen and oxygen atoms in total. The van der Waals surface area contributed by atoms with Crippen LogP contribution in [0, 0.1) is 0 Å². The molecule has 0 spiro atoms. The van der Waals surface area contributed by atoms with Crippen molar-refractivity contribution in [1.82, 2.24) is 30.0 Å². The van der Waals surface area contributed by atoms with Crippen LogP contribution in [0.1, 0.15) is 24.8 Å². The SMILES string of the molecule is CN(C)/C=N/c1nc2c(c(CCCNC(=O)C(F)(F)F)nn2[C@H]2C[C@@H](O)[C@@H](CO)O2)c(=O)[nH]1. The Kier molecular flexibility index (Phi) is 7.34. The molecule has 1 saturated heterocycles. The molecule has 3 rings (SSSR count). The second-order valence-electron chi connectivity index (χ2n) is 7.66. The van der Waals surface area contributed by atoms with Crippen LogP contribution < -0.4 is 10.9 Å². The second kappa shape index (κ2) is 9.84. The van der Waals surface area contributed by atoms with Crippen LogP contribution in [0.15, 0.2) is 9.79 Å². The number of hydrogen-bond donors (Lipinski definition) is 4. The Morgan fingerprint density at radius 3 is 2.79 bits per heavy atom. The van der Waals surface area contributed by atoms with E-state index in [1.807, 2.05) is 0 Å². The average molecular weight is 475 g/mol. The summed E-state index contributed by atoms with van der Waals surface area (Å²) in [6.45, 7) is -0.705. The zero-order valence-corrected chi connectivity index (χ0v) is 17.8. The van der Waals surface area contributed by atoms with Crippen molar-refractivity contribution in [3.63, 3.8) is 0 Å². The highest BCUT2D eigenvalue weighted by atomic mass is 19.4. The molecule has 1 aliphatic rings. The van der Waals surface area contributed by atoms with Gasteiger partial charge in [0.15, 0.2) is 11.9 Å². The van der Waals surface area contributed by atoms with Crippen LogP contribution in [-0.4, -0.2) is 92.7 Å². The van der Waals surface area contributed by atoms with E-state index in [0.717, 1.165) is 0 Å². The summed E-state index contributed by atoms with van der Waals surface area (Å²) in [7, 11) is 3.45. The van der Waals surface area contributed by atoms with E-state index in [0.29, 0.717) is 0 Å². The van der Waals surface area contributed by atoms with Crippen LogP contribution in [0.4, 0.5) is 19.1 Å². The third-order valence-electron chi connectivity index (χ3n) is 4.82. The number of aryl methyl sites for hydroxylation is 1. The molecule has 0 saturated carbocycles. The Balaban J connectivity index is 1.91. The Hall–Kier alpha value is -3.04. The Bertz CT molecular complexity index is 1080. The minimum atomic E-state index is -4.98. The van der Waals surface area contributed by atoms with Crippen molar-refractivity contribution in [1.29, 1.82) is 0 Å². The number of H-pyrrole nitrogens is 1. The maximum absolute atomic E-state index is 12.8. The van der Waals surface area contributed by atoms with E-state index in [9.17, 15) is 33.0 Å². The maximum Gasteiger partial charge on any atom is 0.471 e. The van der Waals surface area contributed by atoms with Gasteiger partial charge in [-0.1, -0.05) is 0 Å². The van der Waals surface area contributed by atoms with Gasteiger partial charge in [-0.3, -0.25) is 14.6 Å². The Morgan fingerprint density at radius 1 is 1.45 bits per heavy atom. The standard InChI is InChI=1S/C18H24F3N7O5/c1-27(2)8-23-17-24-14-13(15(31)25-17)9(4-3-5-22-16(32)18(19,20)21)26-28(14)12-6-10(30)11(7-29)33-12/h8,10-12,29-30H,3-7H2,1-2H3,(H,22,32)(H,24,25,31)/b23-8+/t10-,11-,12-/m1/s1. The van der Waals surface area contributed by atoms with Crippen molar-refractivity contribution < 1.29 is 32.9 Å². The zero-order chi connectivity index (χ0) is 24.3. The number of hydrogen-bond acceptors (Lipinski definition) is 8. The Labute approximate surface area is 185 Å². The van der Waals surface area contributed by atoms with Gasteiger partial charge in [-0.05, 0) is 12.8 Å². The molecule has 0 radical (unpaired) electrons. The van der Waals surface area contributed by atoms with Crippen molar-refractivity contribution in [3.05, 3.63) is 16.0 Å². The zero-order valence-electron chi connectivity index (χ0n) is 17.8. The highest BCUT2D eigenvalue weighted by molar-refractivity contribution is 5.81. The van der Waals surface area contributed by atoms with Gasteiger partial charge in [-0.15, -0.1) is 0 Å². The number of carbonyl (C=O) groups is 1. The molecule has 3 atom stereocenters. The number of fused-ring (bicyclic) bond motifs is 1. The summed E-state index contributed by atoms with van der Waals surface area (Å²) in [5, 5.41) is 25.6. The van der Waals surface area contributed by atoms with Crippen LogP contribution in [-0.2, 0) is 16.0 Å². The molecule has 1 amide bonds. The van der Waals surface area contributed by atoms with Gasteiger partial charge in [0.25, 0.3) is 5.56 Å². The van der Waals surface area contributed by atoms with E-state index in [1.54, 1.807) is 24.3 Å². The molecule has 15 heteroatoms. The number of aliphatic imine (C=N–C) groups is 1. The minimum Gasteiger partial charge on any atom is -0.394 e. The molecule has 0 bridgehead atoms. The van der Waals surface area contributed by atoms with Crippen LogP contribution in [0.2, 0.25) is 0 Å². The monoisotopic (exact) mass is 475 g/mol. The number of ether oxygens (including phenoxy) is 1. The third-order valence-corrected chi connectivity index (χ3v) is 4.82. The molecule has 33 heavy (non-hydrogen) atoms. The number of nitrogens with one attached hydrogen (secondary N) is 2. The van der Waals surface area contributed by atoms with Crippen LogP contribution >= 0.6 is 0 Å². The number of nitrogens with zero attached hydrogens (tertiary/aromatic N) is 5. The number of rotatable bonds is 8. The van der Waals surface area contributed by atoms with E-state index in [1.165, 1.54) is 11.0 Å². The predicted molar refractivity (Wildman–Crippen MR) is 109 cm³/mol. The van der Waals surface area contributed by atoms with E-state index in [2.05, 4.69) is 20.1 Å². The van der Waals surface area contributed by atoms with Crippen molar-refractivity contribution in [2.24, 2.45) is 4.99 Å². The van der Waals surface area contributed by atoms with Gasteiger partial charge >= 0.3 is 12.1 Å². The molecule has 0 aromatic carbocycles. The lowest BCUT2D eigenvalue weighted by molar-refractivity contribution is -0.173. The predicted octanol–water partition coefficient (Wildman–Crippen LogP) is -0.407. The average Bonchev–Trinajstić information content (AvgIpc) is 3.29. The molecule has 2 aromatic rings. The van der Waals surface area contributed by atoms with Crippen molar-refractivity contribution in [3.8, 4) is 0 Å². The summed E-state index contributed by atoms with van der Waals surface area (Å²) in [5.41, 5.74) is -0.229. The quantitative estimate of drug-likeness (QED) is 0.228. The molecule has 3 heterocycles. The first-order valence-corrected chi connectivity index (χ1v) is 10.0. The van der Waals surface area contributed by atoms with Crippen LogP contribution in [0.25, 0.3) is 11.0 Å². The number of amides is 1. The van der Waals surface area contributed by atoms with Crippen molar-refractivity contribution in [2.75, 3.05) is 27.2 Å². The Morgan fingerprint density at radius 2 is 2.18 bits per heavy atom. The minimum absolute atomic E-state index is 0.0106. The fourth-order valence-electron chi connectivity index (χ4n) is 3.30. The van der Waals surface area contributed by atoms with Crippen molar-refractivity contribution >= 4 is 29.2 Å². The van der Waals surface area contributed by atoms with Gasteiger partial charge in [-0.25, -0.2) is 9.67 Å². The van der Waals surface area contributed by atoms with Gasteiger partial charge in [-0.2, -0.15) is 23.3 Å². The topological polar surface area (TPSA) is 158 Å². The van der Waals surface area contributed by atoms with Gasteiger partial charge in [0.05, 0.1) is 24.7 Å². The van der Waals surface area contributed by atoms with Gasteiger partial charge in [0.1, 0.15) is 11.5 Å². The number of alkyl halides is 3. The molecule has 182 valence electrons. The van der Waals surface area contributed by atoms with Crippen molar-refractivity contribution in [2.45, 2.75) is 43.9 Å². The molecule has 1 fully saturated rings. The van der Waals surface area contributed by atoms with E-state index in [-0.39, 0.29) is 48.5 Å². The van der Waals surface area contributed by atoms with Gasteiger partial charge in [0, 0.05) is 27.1 Å². The van der Waals surface area contributed by atoms with Gasteiger partial charge in [0.2, 0.25) is 5.95 Å². The van der Waals surface area contributed by atoms with E-state index < -0.39 is 42.7 Å². The fraction of sp³-hybridized carbons (Fsp3) is 0.611. The molecule has 1 aliphatic heterocycles. The first kappa shape index (κ1) is 24.6. The molecule has 0 aliphatic carbocycles. The number of aliphatic hydroxyl groups is 2. The number of aliphatic hydroxyl groups excluding tert-OH is 2. The van der Waals surface area contributed by atoms with E-state index in [4.69, 9.17) is 4.74 Å².